The van der Waals surface area contributed by atoms with Crippen LogP contribution in [-0.4, -0.2) is 48.3 Å². The maximum atomic E-state index is 13.3. The fraction of sp³-hybridized carbons (Fsp3) is 0.579. The SMILES string of the molecule is CN1CCC(C(=O)N2CCC(Cc3cccc(F)c3)CC2)CC1=O. The number of rotatable bonds is 3. The lowest BCUT2D eigenvalue weighted by Gasteiger charge is -2.36. The first-order valence-corrected chi connectivity index (χ1v) is 8.80. The number of halogens is 1. The van der Waals surface area contributed by atoms with E-state index in [9.17, 15) is 14.0 Å². The van der Waals surface area contributed by atoms with Gasteiger partial charge >= 0.3 is 0 Å². The van der Waals surface area contributed by atoms with E-state index in [1.807, 2.05) is 11.0 Å². The van der Waals surface area contributed by atoms with Gasteiger partial charge in [-0.3, -0.25) is 9.59 Å². The molecule has 5 heteroatoms. The Labute approximate surface area is 142 Å². The van der Waals surface area contributed by atoms with E-state index < -0.39 is 0 Å². The molecule has 1 atom stereocenters. The van der Waals surface area contributed by atoms with Crippen molar-refractivity contribution in [3.8, 4) is 0 Å². The number of nitrogens with zero attached hydrogens (tertiary/aromatic N) is 2. The van der Waals surface area contributed by atoms with Crippen molar-refractivity contribution in [1.29, 1.82) is 0 Å². The molecule has 2 amide bonds. The molecule has 1 aromatic carbocycles. The molecule has 0 aromatic heterocycles. The van der Waals surface area contributed by atoms with E-state index >= 15 is 0 Å². The molecule has 1 aromatic rings. The topological polar surface area (TPSA) is 40.6 Å². The zero-order valence-electron chi connectivity index (χ0n) is 14.2. The van der Waals surface area contributed by atoms with Gasteiger partial charge in [-0.1, -0.05) is 12.1 Å². The molecule has 2 aliphatic heterocycles. The van der Waals surface area contributed by atoms with Crippen LogP contribution in [0.5, 0.6) is 0 Å². The summed E-state index contributed by atoms with van der Waals surface area (Å²) in [6, 6.07) is 6.78. The summed E-state index contributed by atoms with van der Waals surface area (Å²) < 4.78 is 13.3. The molecule has 0 bridgehead atoms. The zero-order chi connectivity index (χ0) is 17.1. The zero-order valence-corrected chi connectivity index (χ0v) is 14.2. The van der Waals surface area contributed by atoms with Gasteiger partial charge in [0.05, 0.1) is 0 Å². The molecular formula is C19H25FN2O2. The first kappa shape index (κ1) is 16.9. The Morgan fingerprint density at radius 1 is 1.21 bits per heavy atom. The number of hydrogen-bond acceptors (Lipinski definition) is 2. The Balaban J connectivity index is 1.49. The largest absolute Gasteiger partial charge is 0.346 e. The Morgan fingerprint density at radius 3 is 2.62 bits per heavy atom. The summed E-state index contributed by atoms with van der Waals surface area (Å²) in [6.45, 7) is 2.17. The standard InChI is InChI=1S/C19H25FN2O2/c1-21-8-7-16(13-18(21)23)19(24)22-9-5-14(6-10-22)11-15-3-2-4-17(20)12-15/h2-4,12,14,16H,5-11,13H2,1H3. The highest BCUT2D eigenvalue weighted by atomic mass is 19.1. The summed E-state index contributed by atoms with van der Waals surface area (Å²) in [5.74, 6) is 0.372. The molecule has 2 saturated heterocycles. The molecular weight excluding hydrogens is 307 g/mol. The molecule has 4 nitrogen and oxygen atoms in total. The molecule has 1 unspecified atom stereocenters. The number of piperidine rings is 2. The molecule has 2 heterocycles. The Morgan fingerprint density at radius 2 is 1.96 bits per heavy atom. The van der Waals surface area contributed by atoms with Crippen LogP contribution < -0.4 is 0 Å². The van der Waals surface area contributed by atoms with Crippen LogP contribution in [0.2, 0.25) is 0 Å². The fourth-order valence-electron chi connectivity index (χ4n) is 3.77. The summed E-state index contributed by atoms with van der Waals surface area (Å²) in [4.78, 5) is 28.0. The van der Waals surface area contributed by atoms with Gasteiger partial charge in [0.2, 0.25) is 11.8 Å². The highest BCUT2D eigenvalue weighted by Crippen LogP contribution is 2.26. The first-order chi connectivity index (χ1) is 11.5. The van der Waals surface area contributed by atoms with Crippen molar-refractivity contribution >= 4 is 11.8 Å². The van der Waals surface area contributed by atoms with E-state index in [1.165, 1.54) is 6.07 Å². The predicted octanol–water partition coefficient (Wildman–Crippen LogP) is 2.48. The van der Waals surface area contributed by atoms with Crippen molar-refractivity contribution in [2.45, 2.75) is 32.1 Å². The lowest BCUT2D eigenvalue weighted by Crippen LogP contribution is -2.46. The summed E-state index contributed by atoms with van der Waals surface area (Å²) in [5.41, 5.74) is 1.03. The van der Waals surface area contributed by atoms with E-state index in [1.54, 1.807) is 24.1 Å². The monoisotopic (exact) mass is 332 g/mol. The average Bonchev–Trinajstić information content (AvgIpc) is 2.57. The molecule has 130 valence electrons. The Bertz CT molecular complexity index is 611. The third kappa shape index (κ3) is 3.94. The smallest absolute Gasteiger partial charge is 0.226 e. The lowest BCUT2D eigenvalue weighted by molar-refractivity contribution is -0.145. The lowest BCUT2D eigenvalue weighted by atomic mass is 9.88. The molecule has 2 fully saturated rings. The van der Waals surface area contributed by atoms with Crippen LogP contribution in [0.3, 0.4) is 0 Å². The molecule has 0 aliphatic carbocycles. The second-order valence-corrected chi connectivity index (χ2v) is 7.11. The molecule has 24 heavy (non-hydrogen) atoms. The number of likely N-dealkylation sites (tertiary alicyclic amines) is 2. The van der Waals surface area contributed by atoms with Crippen LogP contribution in [0.15, 0.2) is 24.3 Å². The highest BCUT2D eigenvalue weighted by Gasteiger charge is 2.33. The number of carbonyl (C=O) groups excluding carboxylic acids is 2. The molecule has 0 radical (unpaired) electrons. The van der Waals surface area contributed by atoms with Gasteiger partial charge < -0.3 is 9.80 Å². The van der Waals surface area contributed by atoms with E-state index in [4.69, 9.17) is 0 Å². The second-order valence-electron chi connectivity index (χ2n) is 7.11. The highest BCUT2D eigenvalue weighted by molar-refractivity contribution is 5.86. The van der Waals surface area contributed by atoms with E-state index in [2.05, 4.69) is 0 Å². The minimum absolute atomic E-state index is 0.0700. The Hall–Kier alpha value is -1.91. The third-order valence-corrected chi connectivity index (χ3v) is 5.35. The van der Waals surface area contributed by atoms with Crippen molar-refractivity contribution in [1.82, 2.24) is 9.80 Å². The van der Waals surface area contributed by atoms with Crippen LogP contribution in [0, 0.1) is 17.7 Å². The van der Waals surface area contributed by atoms with Gasteiger partial charge in [0.25, 0.3) is 0 Å². The number of carbonyl (C=O) groups is 2. The maximum absolute atomic E-state index is 13.3. The third-order valence-electron chi connectivity index (χ3n) is 5.35. The summed E-state index contributed by atoms with van der Waals surface area (Å²) in [5, 5.41) is 0. The predicted molar refractivity (Wildman–Crippen MR) is 89.8 cm³/mol. The van der Waals surface area contributed by atoms with Crippen LogP contribution in [-0.2, 0) is 16.0 Å². The van der Waals surface area contributed by atoms with Gasteiger partial charge in [0.1, 0.15) is 5.82 Å². The van der Waals surface area contributed by atoms with E-state index in [0.717, 1.165) is 44.3 Å². The van der Waals surface area contributed by atoms with Gasteiger partial charge in [-0.15, -0.1) is 0 Å². The van der Waals surface area contributed by atoms with Crippen LogP contribution in [0.1, 0.15) is 31.2 Å². The number of amides is 2. The average molecular weight is 332 g/mol. The molecule has 3 rings (SSSR count). The van der Waals surface area contributed by atoms with Gasteiger partial charge in [0, 0.05) is 39.0 Å². The van der Waals surface area contributed by atoms with Crippen LogP contribution >= 0.6 is 0 Å². The summed E-state index contributed by atoms with van der Waals surface area (Å²) in [7, 11) is 1.79. The van der Waals surface area contributed by atoms with Crippen molar-refractivity contribution < 1.29 is 14.0 Å². The number of benzene rings is 1. The van der Waals surface area contributed by atoms with Gasteiger partial charge in [-0.2, -0.15) is 0 Å². The first-order valence-electron chi connectivity index (χ1n) is 8.80. The van der Waals surface area contributed by atoms with Crippen molar-refractivity contribution in [2.75, 3.05) is 26.7 Å². The quantitative estimate of drug-likeness (QED) is 0.853. The number of hydrogen-bond donors (Lipinski definition) is 0. The van der Waals surface area contributed by atoms with Crippen molar-refractivity contribution in [3.05, 3.63) is 35.6 Å². The van der Waals surface area contributed by atoms with Gasteiger partial charge in [-0.25, -0.2) is 4.39 Å². The summed E-state index contributed by atoms with van der Waals surface area (Å²) >= 11 is 0. The minimum atomic E-state index is -0.188. The van der Waals surface area contributed by atoms with E-state index in [-0.39, 0.29) is 23.5 Å². The Kier molecular flexibility index (Phi) is 5.17. The van der Waals surface area contributed by atoms with Crippen LogP contribution in [0.25, 0.3) is 0 Å². The van der Waals surface area contributed by atoms with Gasteiger partial charge in [-0.05, 0) is 49.3 Å². The molecule has 0 saturated carbocycles. The normalized spacial score (nSPS) is 22.8. The minimum Gasteiger partial charge on any atom is -0.346 e. The van der Waals surface area contributed by atoms with Crippen LogP contribution in [0.4, 0.5) is 4.39 Å². The van der Waals surface area contributed by atoms with E-state index in [0.29, 0.717) is 18.9 Å². The fourth-order valence-corrected chi connectivity index (χ4v) is 3.77. The molecule has 0 spiro atoms. The summed E-state index contributed by atoms with van der Waals surface area (Å²) in [6.07, 6.45) is 3.88. The molecule has 2 aliphatic rings. The second kappa shape index (κ2) is 7.32. The molecule has 0 N–H and O–H groups in total. The maximum Gasteiger partial charge on any atom is 0.226 e. The van der Waals surface area contributed by atoms with Gasteiger partial charge in [0.15, 0.2) is 0 Å². The van der Waals surface area contributed by atoms with Crippen molar-refractivity contribution in [2.24, 2.45) is 11.8 Å². The van der Waals surface area contributed by atoms with Crippen molar-refractivity contribution in [3.63, 3.8) is 0 Å².